The molecule has 124 valence electrons. The zero-order valence-corrected chi connectivity index (χ0v) is 21.6. The van der Waals surface area contributed by atoms with Gasteiger partial charge in [-0.1, -0.05) is 30.3 Å². The van der Waals surface area contributed by atoms with Crippen molar-refractivity contribution in [2.24, 2.45) is 0 Å². The summed E-state index contributed by atoms with van der Waals surface area (Å²) in [5, 5.41) is 0. The second kappa shape index (κ2) is 20.5. The summed E-state index contributed by atoms with van der Waals surface area (Å²) < 4.78 is -0.332. The molecule has 1 unspecified atom stereocenters. The molecular formula is C11H14Br2Cl5OSSb. The third kappa shape index (κ3) is 13.4. The molecule has 0 saturated carbocycles. The van der Waals surface area contributed by atoms with Crippen molar-refractivity contribution < 1.29 is 83.8 Å². The Morgan fingerprint density at radius 3 is 1.62 bits per heavy atom. The molecule has 1 aromatic rings. The predicted molar refractivity (Wildman–Crippen MR) is 72.8 cm³/mol. The minimum Gasteiger partial charge on any atom is -1.00 e. The van der Waals surface area contributed by atoms with Crippen LogP contribution < -0.4 is 79.0 Å². The Kier molecular flexibility index (Phi) is 42.7. The summed E-state index contributed by atoms with van der Waals surface area (Å²) >= 11 is 3.50. The number of Topliss-reactive ketones (excluding diaryl/α,β-unsaturated/α-hetero) is 1. The molecular weight excluding hydrogens is 639 g/mol. The molecule has 1 atom stereocenters. The summed E-state index contributed by atoms with van der Waals surface area (Å²) in [5.74, 6) is 0.195. The minimum atomic E-state index is -0.332. The molecule has 21 heavy (non-hydrogen) atoms. The van der Waals surface area contributed by atoms with E-state index in [1.165, 1.54) is 0 Å². The smallest absolute Gasteiger partial charge is 1.00 e. The molecule has 0 aromatic heterocycles. The number of rotatable bonds is 3. The summed E-state index contributed by atoms with van der Waals surface area (Å²) in [6, 6.07) is 9.44. The summed E-state index contributed by atoms with van der Waals surface area (Å²) in [6.45, 7) is 3.94. The van der Waals surface area contributed by atoms with Gasteiger partial charge in [0.1, 0.15) is 6.26 Å². The van der Waals surface area contributed by atoms with E-state index < -0.39 is 0 Å². The molecule has 0 aliphatic rings. The second-order valence-corrected chi connectivity index (χ2v) is 8.45. The number of hydrogen-bond donors (Lipinski definition) is 0. The topological polar surface area (TPSA) is 17.1 Å². The van der Waals surface area contributed by atoms with Crippen molar-refractivity contribution in [3.63, 3.8) is 0 Å². The van der Waals surface area contributed by atoms with Crippen molar-refractivity contribution in [3.05, 3.63) is 35.9 Å². The van der Waals surface area contributed by atoms with Crippen molar-refractivity contribution in [1.29, 1.82) is 0 Å². The summed E-state index contributed by atoms with van der Waals surface area (Å²) in [7, 11) is -0.0935. The standard InChI is InChI=1S/C11H14BrOS.BrH.5ClH.Sb/c1-11(2,14(3)12)10(13)9-7-5-4-6-8-9;;;;;;;/h4-8H,1-3H3;6*1H;/q+1;;;;;;;+5/p-6. The number of hydrogen-bond acceptors (Lipinski definition) is 1. The monoisotopic (exact) mass is 648 g/mol. The molecule has 0 saturated heterocycles. The molecule has 0 radical (unpaired) electrons. The van der Waals surface area contributed by atoms with Gasteiger partial charge in [0.2, 0.25) is 20.6 Å². The first kappa shape index (κ1) is 43.7. The van der Waals surface area contributed by atoms with Crippen molar-refractivity contribution in [1.82, 2.24) is 0 Å². The Morgan fingerprint density at radius 1 is 1.00 bits per heavy atom. The van der Waals surface area contributed by atoms with Gasteiger partial charge in [-0.25, -0.2) is 0 Å². The van der Waals surface area contributed by atoms with Gasteiger partial charge < -0.3 is 79.0 Å². The van der Waals surface area contributed by atoms with Gasteiger partial charge in [-0.05, 0) is 13.8 Å². The first-order chi connectivity index (χ1) is 6.46. The first-order valence-electron chi connectivity index (χ1n) is 4.38. The zero-order chi connectivity index (χ0) is 10.8. The Hall–Kier alpha value is 2.47. The molecule has 1 aromatic carbocycles. The average Bonchev–Trinajstić information content (AvgIpc) is 2.17. The summed E-state index contributed by atoms with van der Waals surface area (Å²) in [6.07, 6.45) is 2.03. The van der Waals surface area contributed by atoms with E-state index in [-0.39, 0.29) is 123 Å². The van der Waals surface area contributed by atoms with E-state index in [1.807, 2.05) is 50.4 Å². The first-order valence-corrected chi connectivity index (χ1v) is 7.86. The van der Waals surface area contributed by atoms with Crippen LogP contribution in [0.1, 0.15) is 24.2 Å². The van der Waals surface area contributed by atoms with E-state index in [0.29, 0.717) is 0 Å². The van der Waals surface area contributed by atoms with Crippen LogP contribution in [0.2, 0.25) is 0 Å². The van der Waals surface area contributed by atoms with Crippen molar-refractivity contribution >= 4 is 54.4 Å². The van der Waals surface area contributed by atoms with Crippen molar-refractivity contribution in [2.75, 3.05) is 6.26 Å². The van der Waals surface area contributed by atoms with Crippen molar-refractivity contribution in [2.45, 2.75) is 18.6 Å². The molecule has 10 heteroatoms. The van der Waals surface area contributed by atoms with Crippen LogP contribution in [0, 0.1) is 0 Å². The van der Waals surface area contributed by atoms with E-state index in [1.54, 1.807) is 0 Å². The van der Waals surface area contributed by atoms with E-state index in [9.17, 15) is 4.79 Å². The second-order valence-electron chi connectivity index (χ2n) is 3.64. The number of carbonyl (C=O) groups is 1. The Bertz CT molecular complexity index is 345. The van der Waals surface area contributed by atoms with Crippen LogP contribution in [0.5, 0.6) is 0 Å². The number of carbonyl (C=O) groups excluding carboxylic acids is 1. The van der Waals surface area contributed by atoms with E-state index in [0.717, 1.165) is 5.56 Å². The Morgan fingerprint density at radius 2 is 1.33 bits per heavy atom. The van der Waals surface area contributed by atoms with Crippen LogP contribution in [0.25, 0.3) is 0 Å². The molecule has 0 fully saturated rings. The summed E-state index contributed by atoms with van der Waals surface area (Å²) in [4.78, 5) is 12.1. The number of halogens is 7. The Balaban J connectivity index is -0.0000000560. The van der Waals surface area contributed by atoms with Gasteiger partial charge in [0.25, 0.3) is 0 Å². The molecule has 0 N–H and O–H groups in total. The van der Waals surface area contributed by atoms with Crippen LogP contribution in [0.15, 0.2) is 30.3 Å². The average molecular weight is 653 g/mol. The van der Waals surface area contributed by atoms with E-state index >= 15 is 0 Å². The van der Waals surface area contributed by atoms with Gasteiger partial charge in [0.05, 0.1) is 9.33 Å². The maximum atomic E-state index is 12.1. The SMILES string of the molecule is C[S+](Br)C(C)(C)C(=O)c1ccccc1.[Br-].[Cl-].[Cl-].[Cl-].[Cl-].[Cl-].[Sb+5]. The zero-order valence-electron chi connectivity index (χ0n) is 11.3. The van der Waals surface area contributed by atoms with Crippen molar-refractivity contribution in [3.8, 4) is 0 Å². The summed E-state index contributed by atoms with van der Waals surface area (Å²) in [5.41, 5.74) is 0.788. The molecule has 0 bridgehead atoms. The van der Waals surface area contributed by atoms with Gasteiger partial charge in [-0.15, -0.1) is 0 Å². The fraction of sp³-hybridized carbons (Fsp3) is 0.364. The number of benzene rings is 1. The maximum Gasteiger partial charge on any atom is 5.00 e. The molecule has 0 heterocycles. The van der Waals surface area contributed by atoms with Gasteiger partial charge >= 0.3 is 24.4 Å². The van der Waals surface area contributed by atoms with Crippen LogP contribution >= 0.6 is 14.8 Å². The maximum absolute atomic E-state index is 12.1. The van der Waals surface area contributed by atoms with Gasteiger partial charge in [-0.3, -0.25) is 4.79 Å². The molecule has 0 spiro atoms. The minimum absolute atomic E-state index is 0. The predicted octanol–water partition coefficient (Wildman–Crippen LogP) is -15.2. The van der Waals surface area contributed by atoms with Crippen LogP contribution in [-0.2, 0) is 9.33 Å². The van der Waals surface area contributed by atoms with Gasteiger partial charge in [0, 0.05) is 5.56 Å². The molecule has 1 rings (SSSR count). The number of ketones is 1. The molecule has 0 aliphatic heterocycles. The molecule has 0 aliphatic carbocycles. The normalized spacial score (nSPS) is 9.14. The van der Waals surface area contributed by atoms with E-state index in [4.69, 9.17) is 0 Å². The van der Waals surface area contributed by atoms with Gasteiger partial charge in [0.15, 0.2) is 4.75 Å². The fourth-order valence-corrected chi connectivity index (χ4v) is 1.88. The van der Waals surface area contributed by atoms with E-state index in [2.05, 4.69) is 14.8 Å². The van der Waals surface area contributed by atoms with Crippen LogP contribution in [0.3, 0.4) is 0 Å². The third-order valence-corrected chi connectivity index (χ3v) is 6.31. The Labute approximate surface area is 196 Å². The third-order valence-electron chi connectivity index (χ3n) is 2.29. The van der Waals surface area contributed by atoms with Gasteiger partial charge in [-0.2, -0.15) is 0 Å². The van der Waals surface area contributed by atoms with Crippen LogP contribution in [0.4, 0.5) is 0 Å². The molecule has 0 amide bonds. The largest absolute Gasteiger partial charge is 5.00 e. The fourth-order valence-electron chi connectivity index (χ4n) is 1.06. The quantitative estimate of drug-likeness (QED) is 0.180. The van der Waals surface area contributed by atoms with Crippen LogP contribution in [-0.4, -0.2) is 41.2 Å². The molecule has 1 nitrogen and oxygen atoms in total.